The summed E-state index contributed by atoms with van der Waals surface area (Å²) in [6.45, 7) is 2.01. The van der Waals surface area contributed by atoms with Gasteiger partial charge in [0.15, 0.2) is 11.5 Å². The summed E-state index contributed by atoms with van der Waals surface area (Å²) in [5.74, 6) is 1.27. The Balaban J connectivity index is 1.45. The molecule has 158 valence electrons. The van der Waals surface area contributed by atoms with Crippen molar-refractivity contribution in [2.45, 2.75) is 37.2 Å². The molecule has 1 saturated heterocycles. The van der Waals surface area contributed by atoms with Crippen molar-refractivity contribution >= 4 is 23.6 Å². The van der Waals surface area contributed by atoms with Gasteiger partial charge in [0.2, 0.25) is 5.91 Å². The molecule has 30 heavy (non-hydrogen) atoms. The molecular formula is C23H26N2O4S. The van der Waals surface area contributed by atoms with E-state index in [2.05, 4.69) is 17.4 Å². The first-order valence-corrected chi connectivity index (χ1v) is 11.1. The third-order valence-electron chi connectivity index (χ3n) is 5.69. The van der Waals surface area contributed by atoms with Crippen molar-refractivity contribution < 1.29 is 19.1 Å². The lowest BCUT2D eigenvalue weighted by molar-refractivity contribution is -0.125. The average Bonchev–Trinajstić information content (AvgIpc) is 3.32. The van der Waals surface area contributed by atoms with E-state index in [-0.39, 0.29) is 23.2 Å². The Kier molecular flexibility index (Phi) is 5.90. The molecule has 2 aliphatic rings. The van der Waals surface area contributed by atoms with Crippen LogP contribution < -0.4 is 14.8 Å². The monoisotopic (exact) mass is 426 g/mol. The van der Waals surface area contributed by atoms with Crippen LogP contribution in [-0.2, 0) is 11.2 Å². The van der Waals surface area contributed by atoms with Gasteiger partial charge in [0, 0.05) is 17.4 Å². The number of thioether (sulfide) groups is 1. The second kappa shape index (κ2) is 8.60. The first-order valence-electron chi connectivity index (χ1n) is 10.1. The molecular weight excluding hydrogens is 400 g/mol. The summed E-state index contributed by atoms with van der Waals surface area (Å²) >= 11 is 1.61. The van der Waals surface area contributed by atoms with Crippen molar-refractivity contribution in [3.05, 3.63) is 59.2 Å². The van der Waals surface area contributed by atoms with Crippen LogP contribution in [0.5, 0.6) is 11.5 Å². The molecule has 2 aromatic carbocycles. The van der Waals surface area contributed by atoms with Crippen LogP contribution in [0.4, 0.5) is 0 Å². The molecule has 2 aliphatic heterocycles. The maximum absolute atomic E-state index is 13.2. The zero-order valence-electron chi connectivity index (χ0n) is 17.4. The molecule has 6 nitrogen and oxygen atoms in total. The number of nitrogens with one attached hydrogen (secondary N) is 1. The van der Waals surface area contributed by atoms with Gasteiger partial charge in [-0.1, -0.05) is 36.4 Å². The molecule has 1 fully saturated rings. The molecule has 0 unspecified atom stereocenters. The van der Waals surface area contributed by atoms with E-state index in [9.17, 15) is 9.59 Å². The standard InChI is InChI=1S/C23H26N2O4S/c1-14(9-10-15-7-5-4-6-8-15)24-21(26)17-13-30-23-16-11-12-18(28-2)20(29-3)19(16)22(27)25(17)23/h4-8,11-12,14,17,23H,9-10,13H2,1-3H3,(H,24,26)/t14-,17+,23+/m1/s1. The summed E-state index contributed by atoms with van der Waals surface area (Å²) in [6, 6.07) is 13.5. The third-order valence-corrected chi connectivity index (χ3v) is 7.00. The molecule has 0 saturated carbocycles. The molecule has 7 heteroatoms. The summed E-state index contributed by atoms with van der Waals surface area (Å²) < 4.78 is 10.8. The van der Waals surface area contributed by atoms with E-state index in [1.165, 1.54) is 12.7 Å². The van der Waals surface area contributed by atoms with Crippen LogP contribution in [0.25, 0.3) is 0 Å². The Labute approximate surface area is 180 Å². The number of carbonyl (C=O) groups is 2. The number of nitrogens with zero attached hydrogens (tertiary/aromatic N) is 1. The molecule has 3 atom stereocenters. The van der Waals surface area contributed by atoms with Crippen LogP contribution in [0.1, 0.15) is 40.2 Å². The largest absolute Gasteiger partial charge is 0.493 e. The smallest absolute Gasteiger partial charge is 0.260 e. The Bertz CT molecular complexity index is 950. The van der Waals surface area contributed by atoms with E-state index in [4.69, 9.17) is 9.47 Å². The Morgan fingerprint density at radius 1 is 1.20 bits per heavy atom. The molecule has 2 amide bonds. The zero-order valence-corrected chi connectivity index (χ0v) is 18.2. The number of methoxy groups -OCH3 is 2. The zero-order chi connectivity index (χ0) is 21.3. The van der Waals surface area contributed by atoms with Crippen LogP contribution in [0, 0.1) is 0 Å². The second-order valence-corrected chi connectivity index (χ2v) is 8.73. The van der Waals surface area contributed by atoms with Gasteiger partial charge in [0.1, 0.15) is 11.4 Å². The number of hydrogen-bond donors (Lipinski definition) is 1. The second-order valence-electron chi connectivity index (χ2n) is 7.61. The van der Waals surface area contributed by atoms with Crippen LogP contribution >= 0.6 is 11.8 Å². The molecule has 0 radical (unpaired) electrons. The lowest BCUT2D eigenvalue weighted by Crippen LogP contribution is -2.48. The number of amides is 2. The normalized spacial score (nSPS) is 20.5. The summed E-state index contributed by atoms with van der Waals surface area (Å²) in [4.78, 5) is 27.9. The molecule has 2 aromatic rings. The van der Waals surface area contributed by atoms with E-state index in [0.29, 0.717) is 22.8 Å². The van der Waals surface area contributed by atoms with Gasteiger partial charge in [0.05, 0.1) is 19.8 Å². The molecule has 1 N–H and O–H groups in total. The van der Waals surface area contributed by atoms with Crippen LogP contribution in [0.15, 0.2) is 42.5 Å². The minimum absolute atomic E-state index is 0.0245. The number of rotatable bonds is 7. The highest BCUT2D eigenvalue weighted by molar-refractivity contribution is 7.99. The lowest BCUT2D eigenvalue weighted by Gasteiger charge is -2.24. The van der Waals surface area contributed by atoms with E-state index in [1.54, 1.807) is 23.8 Å². The minimum atomic E-state index is -0.491. The maximum Gasteiger partial charge on any atom is 0.260 e. The van der Waals surface area contributed by atoms with Crippen molar-refractivity contribution in [2.75, 3.05) is 20.0 Å². The first-order chi connectivity index (χ1) is 14.5. The van der Waals surface area contributed by atoms with Gasteiger partial charge in [-0.2, -0.15) is 0 Å². The lowest BCUT2D eigenvalue weighted by atomic mass is 10.1. The van der Waals surface area contributed by atoms with Gasteiger partial charge in [-0.05, 0) is 31.4 Å². The van der Waals surface area contributed by atoms with Gasteiger partial charge in [-0.15, -0.1) is 11.8 Å². The number of fused-ring (bicyclic) bond motifs is 3. The molecule has 0 aromatic heterocycles. The number of aryl methyl sites for hydroxylation is 1. The van der Waals surface area contributed by atoms with Crippen LogP contribution in [-0.4, -0.2) is 48.8 Å². The fraction of sp³-hybridized carbons (Fsp3) is 0.391. The Morgan fingerprint density at radius 3 is 2.67 bits per heavy atom. The number of carbonyl (C=O) groups excluding carboxylic acids is 2. The van der Waals surface area contributed by atoms with Crippen molar-refractivity contribution in [1.29, 1.82) is 0 Å². The van der Waals surface area contributed by atoms with Gasteiger partial charge in [0.25, 0.3) is 5.91 Å². The molecule has 2 heterocycles. The predicted octanol–water partition coefficient (Wildman–Crippen LogP) is 3.41. The fourth-order valence-corrected chi connectivity index (χ4v) is 5.59. The van der Waals surface area contributed by atoms with Crippen molar-refractivity contribution in [3.8, 4) is 11.5 Å². The number of ether oxygens (including phenoxy) is 2. The number of benzene rings is 2. The van der Waals surface area contributed by atoms with E-state index in [0.717, 1.165) is 18.4 Å². The Hall–Kier alpha value is -2.67. The van der Waals surface area contributed by atoms with Gasteiger partial charge < -0.3 is 19.7 Å². The highest BCUT2D eigenvalue weighted by atomic mass is 32.2. The molecule has 0 bridgehead atoms. The third kappa shape index (κ3) is 3.62. The number of hydrogen-bond acceptors (Lipinski definition) is 5. The first kappa shape index (κ1) is 20.6. The highest BCUT2D eigenvalue weighted by Gasteiger charge is 2.50. The van der Waals surface area contributed by atoms with Crippen molar-refractivity contribution in [1.82, 2.24) is 10.2 Å². The SMILES string of the molecule is COc1ccc2c(c1OC)C(=O)N1[C@H](C(=O)N[C@H](C)CCc3ccccc3)CS[C@@H]21. The summed E-state index contributed by atoms with van der Waals surface area (Å²) in [7, 11) is 3.08. The predicted molar refractivity (Wildman–Crippen MR) is 117 cm³/mol. The van der Waals surface area contributed by atoms with Gasteiger partial charge in [-0.25, -0.2) is 0 Å². The van der Waals surface area contributed by atoms with E-state index >= 15 is 0 Å². The van der Waals surface area contributed by atoms with Crippen molar-refractivity contribution in [2.24, 2.45) is 0 Å². The quantitative estimate of drug-likeness (QED) is 0.735. The maximum atomic E-state index is 13.2. The van der Waals surface area contributed by atoms with Crippen LogP contribution in [0.3, 0.4) is 0 Å². The van der Waals surface area contributed by atoms with Crippen LogP contribution in [0.2, 0.25) is 0 Å². The van der Waals surface area contributed by atoms with Gasteiger partial charge >= 0.3 is 0 Å². The average molecular weight is 427 g/mol. The van der Waals surface area contributed by atoms with Gasteiger partial charge in [-0.3, -0.25) is 9.59 Å². The van der Waals surface area contributed by atoms with E-state index < -0.39 is 6.04 Å². The Morgan fingerprint density at radius 2 is 1.97 bits per heavy atom. The summed E-state index contributed by atoms with van der Waals surface area (Å²) in [6.07, 6.45) is 1.74. The highest BCUT2D eigenvalue weighted by Crippen LogP contribution is 2.52. The molecule has 0 aliphatic carbocycles. The van der Waals surface area contributed by atoms with Crippen molar-refractivity contribution in [3.63, 3.8) is 0 Å². The molecule has 0 spiro atoms. The van der Waals surface area contributed by atoms with E-state index in [1.807, 2.05) is 37.3 Å². The molecule has 4 rings (SSSR count). The topological polar surface area (TPSA) is 67.9 Å². The minimum Gasteiger partial charge on any atom is -0.493 e. The fourth-order valence-electron chi connectivity index (χ4n) is 4.13. The summed E-state index contributed by atoms with van der Waals surface area (Å²) in [5.41, 5.74) is 2.64. The summed E-state index contributed by atoms with van der Waals surface area (Å²) in [5, 5.41) is 2.94.